The average molecular weight is 454 g/mol. The molecule has 2 N–H and O–H groups in total. The first-order valence-electron chi connectivity index (χ1n) is 9.37. The molecule has 0 aromatic rings. The van der Waals surface area contributed by atoms with Crippen molar-refractivity contribution in [2.24, 2.45) is 4.99 Å². The molecule has 0 aliphatic carbocycles. The number of methoxy groups -OCH3 is 1. The van der Waals surface area contributed by atoms with Gasteiger partial charge in [-0.1, -0.05) is 12.8 Å². The van der Waals surface area contributed by atoms with Crippen LogP contribution in [0.4, 0.5) is 0 Å². The van der Waals surface area contributed by atoms with Crippen LogP contribution >= 0.6 is 24.0 Å². The van der Waals surface area contributed by atoms with Gasteiger partial charge in [-0.2, -0.15) is 0 Å². The monoisotopic (exact) mass is 454 g/mol. The molecule has 0 spiro atoms. The lowest BCUT2D eigenvalue weighted by atomic mass is 10.1. The van der Waals surface area contributed by atoms with E-state index < -0.39 is 0 Å². The molecule has 0 radical (unpaired) electrons. The van der Waals surface area contributed by atoms with Crippen LogP contribution in [-0.4, -0.2) is 62.8 Å². The minimum Gasteiger partial charge on any atom is -0.377 e. The van der Waals surface area contributed by atoms with Crippen molar-refractivity contribution in [3.8, 4) is 0 Å². The van der Waals surface area contributed by atoms with Crippen LogP contribution in [0, 0.1) is 0 Å². The zero-order chi connectivity index (χ0) is 17.0. The second-order valence-corrected chi connectivity index (χ2v) is 7.05. The van der Waals surface area contributed by atoms with E-state index in [0.717, 1.165) is 19.0 Å². The van der Waals surface area contributed by atoms with Crippen molar-refractivity contribution in [2.75, 3.05) is 46.4 Å². The van der Waals surface area contributed by atoms with Crippen molar-refractivity contribution >= 4 is 29.9 Å². The summed E-state index contributed by atoms with van der Waals surface area (Å²) in [7, 11) is 1.73. The Morgan fingerprint density at radius 1 is 1.08 bits per heavy atom. The molecule has 1 aliphatic heterocycles. The number of hydrogen-bond donors (Lipinski definition) is 2. The standard InChI is InChI=1S/C18H38N4O.HI/c1-5-19-17(21-16-18(2,3)23-4)20-12-8-6-9-13-22-14-10-7-11-15-22;/h5-16H2,1-4H3,(H2,19,20,21);1H. The lowest BCUT2D eigenvalue weighted by Gasteiger charge is -2.26. The third-order valence-electron chi connectivity index (χ3n) is 4.41. The molecule has 0 amide bonds. The number of piperidine rings is 1. The van der Waals surface area contributed by atoms with Gasteiger partial charge in [-0.3, -0.25) is 4.99 Å². The minimum absolute atomic E-state index is 0. The van der Waals surface area contributed by atoms with Gasteiger partial charge < -0.3 is 20.3 Å². The highest BCUT2D eigenvalue weighted by atomic mass is 127. The SMILES string of the molecule is CCNC(=NCC(C)(C)OC)NCCCCCN1CCCCC1.I. The Hall–Kier alpha value is -0.0800. The predicted octanol–water partition coefficient (Wildman–Crippen LogP) is 3.24. The van der Waals surface area contributed by atoms with E-state index in [1.807, 2.05) is 0 Å². The fourth-order valence-electron chi connectivity index (χ4n) is 2.70. The van der Waals surface area contributed by atoms with Crippen LogP contribution in [0.25, 0.3) is 0 Å². The summed E-state index contributed by atoms with van der Waals surface area (Å²) in [4.78, 5) is 7.23. The van der Waals surface area contributed by atoms with Crippen LogP contribution in [0.2, 0.25) is 0 Å². The number of ether oxygens (including phenoxy) is 1. The van der Waals surface area contributed by atoms with E-state index in [1.165, 1.54) is 58.2 Å². The first-order valence-corrected chi connectivity index (χ1v) is 9.37. The normalized spacial score (nSPS) is 16.6. The minimum atomic E-state index is -0.212. The van der Waals surface area contributed by atoms with E-state index >= 15 is 0 Å². The van der Waals surface area contributed by atoms with Gasteiger partial charge >= 0.3 is 0 Å². The summed E-state index contributed by atoms with van der Waals surface area (Å²) in [5.41, 5.74) is -0.212. The first kappa shape index (κ1) is 23.9. The molecule has 0 aromatic heterocycles. The number of hydrogen-bond acceptors (Lipinski definition) is 3. The third kappa shape index (κ3) is 11.5. The Morgan fingerprint density at radius 3 is 2.42 bits per heavy atom. The molecular formula is C18H39IN4O. The van der Waals surface area contributed by atoms with E-state index in [-0.39, 0.29) is 29.6 Å². The van der Waals surface area contributed by atoms with Crippen LogP contribution in [0.3, 0.4) is 0 Å². The molecule has 0 atom stereocenters. The van der Waals surface area contributed by atoms with E-state index in [9.17, 15) is 0 Å². The fourth-order valence-corrected chi connectivity index (χ4v) is 2.70. The quantitative estimate of drug-likeness (QED) is 0.230. The Morgan fingerprint density at radius 2 is 1.79 bits per heavy atom. The van der Waals surface area contributed by atoms with E-state index in [1.54, 1.807) is 7.11 Å². The number of nitrogens with one attached hydrogen (secondary N) is 2. The van der Waals surface area contributed by atoms with Crippen LogP contribution in [0.1, 0.15) is 59.3 Å². The third-order valence-corrected chi connectivity index (χ3v) is 4.41. The summed E-state index contributed by atoms with van der Waals surface area (Å²) in [5.74, 6) is 0.897. The van der Waals surface area contributed by atoms with Crippen molar-refractivity contribution < 1.29 is 4.74 Å². The fraction of sp³-hybridized carbons (Fsp3) is 0.944. The number of rotatable bonds is 10. The lowest BCUT2D eigenvalue weighted by Crippen LogP contribution is -2.39. The molecule has 1 rings (SSSR count). The zero-order valence-corrected chi connectivity index (χ0v) is 18.5. The number of aliphatic imine (C=N–C) groups is 1. The van der Waals surface area contributed by atoms with Gasteiger partial charge in [-0.05, 0) is 66.1 Å². The predicted molar refractivity (Wildman–Crippen MR) is 115 cm³/mol. The van der Waals surface area contributed by atoms with Gasteiger partial charge in [0.1, 0.15) is 0 Å². The van der Waals surface area contributed by atoms with Crippen LogP contribution in [0.15, 0.2) is 4.99 Å². The molecule has 1 fully saturated rings. The Kier molecular flexibility index (Phi) is 14.1. The van der Waals surface area contributed by atoms with E-state index in [2.05, 4.69) is 41.3 Å². The molecule has 144 valence electrons. The number of likely N-dealkylation sites (tertiary alicyclic amines) is 1. The zero-order valence-electron chi connectivity index (χ0n) is 16.2. The van der Waals surface area contributed by atoms with Gasteiger partial charge in [0.2, 0.25) is 0 Å². The Balaban J connectivity index is 0.00000529. The van der Waals surface area contributed by atoms with Gasteiger partial charge in [-0.15, -0.1) is 24.0 Å². The van der Waals surface area contributed by atoms with Gasteiger partial charge in [0.15, 0.2) is 5.96 Å². The molecule has 24 heavy (non-hydrogen) atoms. The topological polar surface area (TPSA) is 48.9 Å². The van der Waals surface area contributed by atoms with Gasteiger partial charge in [0.25, 0.3) is 0 Å². The second kappa shape index (κ2) is 14.1. The van der Waals surface area contributed by atoms with Crippen molar-refractivity contribution in [2.45, 2.75) is 64.9 Å². The summed E-state index contributed by atoms with van der Waals surface area (Å²) < 4.78 is 5.41. The maximum atomic E-state index is 5.41. The Bertz CT molecular complexity index is 331. The summed E-state index contributed by atoms with van der Waals surface area (Å²) in [6.07, 6.45) is 8.00. The highest BCUT2D eigenvalue weighted by molar-refractivity contribution is 14.0. The maximum absolute atomic E-state index is 5.41. The van der Waals surface area contributed by atoms with Crippen molar-refractivity contribution in [3.63, 3.8) is 0 Å². The molecule has 6 heteroatoms. The maximum Gasteiger partial charge on any atom is 0.191 e. The molecular weight excluding hydrogens is 415 g/mol. The molecule has 0 unspecified atom stereocenters. The van der Waals surface area contributed by atoms with Gasteiger partial charge in [0.05, 0.1) is 12.1 Å². The highest BCUT2D eigenvalue weighted by Gasteiger charge is 2.15. The molecule has 5 nitrogen and oxygen atoms in total. The van der Waals surface area contributed by atoms with Crippen LogP contribution in [-0.2, 0) is 4.74 Å². The van der Waals surface area contributed by atoms with Crippen LogP contribution in [0.5, 0.6) is 0 Å². The van der Waals surface area contributed by atoms with Crippen molar-refractivity contribution in [1.82, 2.24) is 15.5 Å². The van der Waals surface area contributed by atoms with Crippen molar-refractivity contribution in [1.29, 1.82) is 0 Å². The van der Waals surface area contributed by atoms with Crippen LogP contribution < -0.4 is 10.6 Å². The van der Waals surface area contributed by atoms with Gasteiger partial charge in [0, 0.05) is 20.2 Å². The largest absolute Gasteiger partial charge is 0.377 e. The smallest absolute Gasteiger partial charge is 0.191 e. The second-order valence-electron chi connectivity index (χ2n) is 7.05. The molecule has 1 heterocycles. The molecule has 1 saturated heterocycles. The molecule has 0 bridgehead atoms. The highest BCUT2D eigenvalue weighted by Crippen LogP contribution is 2.10. The summed E-state index contributed by atoms with van der Waals surface area (Å²) in [6.45, 7) is 12.6. The molecule has 0 aromatic carbocycles. The van der Waals surface area contributed by atoms with E-state index in [4.69, 9.17) is 4.74 Å². The van der Waals surface area contributed by atoms with Crippen molar-refractivity contribution in [3.05, 3.63) is 0 Å². The Labute approximate surface area is 166 Å². The summed E-state index contributed by atoms with van der Waals surface area (Å²) in [6, 6.07) is 0. The summed E-state index contributed by atoms with van der Waals surface area (Å²) in [5, 5.41) is 6.72. The lowest BCUT2D eigenvalue weighted by molar-refractivity contribution is 0.0310. The van der Waals surface area contributed by atoms with Gasteiger partial charge in [-0.25, -0.2) is 0 Å². The number of unbranched alkanes of at least 4 members (excludes halogenated alkanes) is 2. The molecule has 1 aliphatic rings. The number of halogens is 1. The first-order chi connectivity index (χ1) is 11.1. The number of guanidine groups is 1. The van der Waals surface area contributed by atoms with E-state index in [0.29, 0.717) is 6.54 Å². The number of nitrogens with zero attached hydrogens (tertiary/aromatic N) is 2. The molecule has 0 saturated carbocycles. The average Bonchev–Trinajstić information content (AvgIpc) is 2.56. The summed E-state index contributed by atoms with van der Waals surface area (Å²) >= 11 is 0.